The minimum atomic E-state index is -3.96. The first-order valence-corrected chi connectivity index (χ1v) is 8.91. The van der Waals surface area contributed by atoms with Crippen molar-refractivity contribution in [3.05, 3.63) is 53.7 Å². The predicted molar refractivity (Wildman–Crippen MR) is 89.5 cm³/mol. The van der Waals surface area contributed by atoms with Gasteiger partial charge in [0.1, 0.15) is 6.17 Å². The van der Waals surface area contributed by atoms with E-state index in [0.29, 0.717) is 17.8 Å². The summed E-state index contributed by atoms with van der Waals surface area (Å²) in [5.41, 5.74) is 13.3. The van der Waals surface area contributed by atoms with Crippen LogP contribution < -0.4 is 32.4 Å². The average Bonchev–Trinajstić information content (AvgIpc) is 3.09. The maximum atomic E-state index is 11.8. The van der Waals surface area contributed by atoms with Crippen LogP contribution in [0.3, 0.4) is 0 Å². The summed E-state index contributed by atoms with van der Waals surface area (Å²) in [4.78, 5) is 3.93. The van der Waals surface area contributed by atoms with Gasteiger partial charge in [0.05, 0.1) is 0 Å². The van der Waals surface area contributed by atoms with Crippen molar-refractivity contribution in [2.45, 2.75) is 17.6 Å². The van der Waals surface area contributed by atoms with Gasteiger partial charge in [-0.25, -0.2) is 29.4 Å². The van der Waals surface area contributed by atoms with Gasteiger partial charge in [0.15, 0.2) is 5.03 Å². The largest absolute Gasteiger partial charge is 0.384 e. The molecule has 1 fully saturated rings. The van der Waals surface area contributed by atoms with Gasteiger partial charge in [0.2, 0.25) is 0 Å². The van der Waals surface area contributed by atoms with Crippen LogP contribution in [0.2, 0.25) is 0 Å². The monoisotopic (exact) mass is 349 g/mol. The molecule has 0 saturated carbocycles. The van der Waals surface area contributed by atoms with Gasteiger partial charge in [-0.2, -0.15) is 11.1 Å². The molecule has 0 radical (unpaired) electrons. The standard InChI is InChI=1S/C14H19N7O2S/c15-24(22,23)14-12(13-18-20-21-19-13)11(7-9-17-14)16-8-6-10-4-2-1-3-5-10/h1-5,7,9,13,18-21H,6,8H2,(H,16,17)(H2,15,22,23). The maximum absolute atomic E-state index is 11.8. The number of nitrogens with zero attached hydrogens (tertiary/aromatic N) is 1. The van der Waals surface area contributed by atoms with Crippen molar-refractivity contribution in [1.29, 1.82) is 0 Å². The van der Waals surface area contributed by atoms with Crippen LogP contribution in [-0.4, -0.2) is 19.9 Å². The van der Waals surface area contributed by atoms with Gasteiger partial charge in [-0.05, 0) is 18.1 Å². The van der Waals surface area contributed by atoms with Crippen LogP contribution >= 0.6 is 0 Å². The summed E-state index contributed by atoms with van der Waals surface area (Å²) < 4.78 is 23.7. The zero-order valence-electron chi connectivity index (χ0n) is 12.8. The molecule has 24 heavy (non-hydrogen) atoms. The zero-order chi connectivity index (χ0) is 17.0. The van der Waals surface area contributed by atoms with E-state index < -0.39 is 16.2 Å². The second-order valence-corrected chi connectivity index (χ2v) is 6.73. The van der Waals surface area contributed by atoms with E-state index >= 15 is 0 Å². The average molecular weight is 349 g/mol. The number of hydrogen-bond acceptors (Lipinski definition) is 8. The van der Waals surface area contributed by atoms with Gasteiger partial charge >= 0.3 is 0 Å². The summed E-state index contributed by atoms with van der Waals surface area (Å²) in [5, 5.41) is 8.38. The molecule has 1 aliphatic rings. The van der Waals surface area contributed by atoms with E-state index in [9.17, 15) is 8.42 Å². The van der Waals surface area contributed by atoms with E-state index in [2.05, 4.69) is 32.2 Å². The highest BCUT2D eigenvalue weighted by molar-refractivity contribution is 7.89. The molecule has 1 aromatic carbocycles. The van der Waals surface area contributed by atoms with Crippen molar-refractivity contribution in [2.24, 2.45) is 5.14 Å². The van der Waals surface area contributed by atoms with E-state index in [4.69, 9.17) is 5.14 Å². The lowest BCUT2D eigenvalue weighted by molar-refractivity contribution is 0.534. The number of anilines is 1. The SMILES string of the molecule is NS(=O)(=O)c1nccc(NCCc2ccccc2)c1C1NNNN1. The lowest BCUT2D eigenvalue weighted by atomic mass is 10.1. The summed E-state index contributed by atoms with van der Waals surface area (Å²) in [6.45, 7) is 0.638. The molecule has 3 rings (SSSR count). The lowest BCUT2D eigenvalue weighted by Gasteiger charge is -2.18. The molecule has 1 aromatic heterocycles. The van der Waals surface area contributed by atoms with Crippen LogP contribution in [0, 0.1) is 0 Å². The van der Waals surface area contributed by atoms with E-state index in [1.54, 1.807) is 6.07 Å². The number of primary sulfonamides is 1. The molecule has 0 bridgehead atoms. The van der Waals surface area contributed by atoms with Crippen molar-refractivity contribution >= 4 is 15.7 Å². The van der Waals surface area contributed by atoms with Crippen LogP contribution in [0.1, 0.15) is 17.3 Å². The molecule has 2 heterocycles. The third-order valence-corrected chi connectivity index (χ3v) is 4.44. The van der Waals surface area contributed by atoms with Crippen molar-refractivity contribution in [2.75, 3.05) is 11.9 Å². The Labute approximate surface area is 140 Å². The molecule has 7 N–H and O–H groups in total. The topological polar surface area (TPSA) is 133 Å². The Balaban J connectivity index is 1.84. The first-order valence-electron chi connectivity index (χ1n) is 7.36. The molecule has 0 spiro atoms. The van der Waals surface area contributed by atoms with Crippen molar-refractivity contribution in [1.82, 2.24) is 26.9 Å². The second-order valence-electron chi connectivity index (χ2n) is 5.26. The Morgan fingerprint density at radius 2 is 1.83 bits per heavy atom. The summed E-state index contributed by atoms with van der Waals surface area (Å²) in [5.74, 6) is 0. The fraction of sp³-hybridized carbons (Fsp3) is 0.214. The number of hydrogen-bond donors (Lipinski definition) is 6. The van der Waals surface area contributed by atoms with Gasteiger partial charge in [-0.3, -0.25) is 0 Å². The smallest absolute Gasteiger partial charge is 0.255 e. The normalized spacial score (nSPS) is 15.5. The third kappa shape index (κ3) is 3.87. The highest BCUT2D eigenvalue weighted by atomic mass is 32.2. The maximum Gasteiger partial charge on any atom is 0.255 e. The van der Waals surface area contributed by atoms with Crippen molar-refractivity contribution in [3.8, 4) is 0 Å². The van der Waals surface area contributed by atoms with Gasteiger partial charge in [-0.1, -0.05) is 30.3 Å². The van der Waals surface area contributed by atoms with Crippen LogP contribution in [0.4, 0.5) is 5.69 Å². The number of pyridine rings is 1. The Morgan fingerprint density at radius 1 is 1.12 bits per heavy atom. The molecule has 1 saturated heterocycles. The van der Waals surface area contributed by atoms with Gasteiger partial charge in [0.25, 0.3) is 10.0 Å². The number of hydrazine groups is 3. The quantitative estimate of drug-likeness (QED) is 0.411. The van der Waals surface area contributed by atoms with E-state index in [0.717, 1.165) is 6.42 Å². The van der Waals surface area contributed by atoms with E-state index in [1.807, 2.05) is 30.3 Å². The number of rotatable bonds is 6. The molecule has 0 amide bonds. The molecular formula is C14H19N7O2S. The first-order chi connectivity index (χ1) is 11.6. The Bertz CT molecular complexity index is 792. The van der Waals surface area contributed by atoms with Crippen LogP contribution in [-0.2, 0) is 16.4 Å². The fourth-order valence-corrected chi connectivity index (χ4v) is 3.24. The minimum absolute atomic E-state index is 0.178. The summed E-state index contributed by atoms with van der Waals surface area (Å²) in [6.07, 6.45) is 1.71. The van der Waals surface area contributed by atoms with Crippen LogP contribution in [0.25, 0.3) is 0 Å². The second kappa shape index (κ2) is 7.21. The van der Waals surface area contributed by atoms with Crippen LogP contribution in [0.5, 0.6) is 0 Å². The lowest BCUT2D eigenvalue weighted by Crippen LogP contribution is -2.33. The summed E-state index contributed by atoms with van der Waals surface area (Å²) in [7, 11) is -3.96. The number of nitrogens with one attached hydrogen (secondary N) is 5. The number of nitrogens with two attached hydrogens (primary N) is 1. The van der Waals surface area contributed by atoms with Crippen molar-refractivity contribution < 1.29 is 8.42 Å². The molecule has 0 aliphatic carbocycles. The minimum Gasteiger partial charge on any atom is -0.384 e. The molecule has 1 aliphatic heterocycles. The summed E-state index contributed by atoms with van der Waals surface area (Å²) in [6, 6.07) is 11.7. The summed E-state index contributed by atoms with van der Waals surface area (Å²) >= 11 is 0. The molecule has 10 heteroatoms. The molecule has 9 nitrogen and oxygen atoms in total. The molecule has 128 valence electrons. The van der Waals surface area contributed by atoms with Crippen LogP contribution in [0.15, 0.2) is 47.6 Å². The Morgan fingerprint density at radius 3 is 2.50 bits per heavy atom. The highest BCUT2D eigenvalue weighted by Gasteiger charge is 2.27. The molecule has 2 aromatic rings. The van der Waals surface area contributed by atoms with Gasteiger partial charge in [0, 0.05) is 24.0 Å². The molecule has 0 atom stereocenters. The predicted octanol–water partition coefficient (Wildman–Crippen LogP) is -0.501. The number of benzene rings is 1. The molecule has 0 unspecified atom stereocenters. The number of aromatic nitrogens is 1. The van der Waals surface area contributed by atoms with E-state index in [-0.39, 0.29) is 5.03 Å². The molecular weight excluding hydrogens is 330 g/mol. The zero-order valence-corrected chi connectivity index (χ0v) is 13.6. The first kappa shape index (κ1) is 16.8. The van der Waals surface area contributed by atoms with Gasteiger partial charge in [-0.15, -0.1) is 0 Å². The third-order valence-electron chi connectivity index (χ3n) is 3.58. The van der Waals surface area contributed by atoms with E-state index in [1.165, 1.54) is 11.8 Å². The fourth-order valence-electron chi connectivity index (χ4n) is 2.50. The Hall–Kier alpha value is -2.08. The van der Waals surface area contributed by atoms with Gasteiger partial charge < -0.3 is 5.32 Å². The Kier molecular flexibility index (Phi) is 5.04. The van der Waals surface area contributed by atoms with Crippen molar-refractivity contribution in [3.63, 3.8) is 0 Å². The highest BCUT2D eigenvalue weighted by Crippen LogP contribution is 2.26. The number of sulfonamides is 1.